The van der Waals surface area contributed by atoms with Crippen LogP contribution in [-0.4, -0.2) is 0 Å². The van der Waals surface area contributed by atoms with E-state index in [0.29, 0.717) is 0 Å². The van der Waals surface area contributed by atoms with E-state index in [9.17, 15) is 0 Å². The summed E-state index contributed by atoms with van der Waals surface area (Å²) >= 11 is 1.96. The van der Waals surface area contributed by atoms with Gasteiger partial charge >= 0.3 is 0 Å². The van der Waals surface area contributed by atoms with E-state index in [0.717, 1.165) is 33.3 Å². The second kappa shape index (κ2) is 12.2. The minimum Gasteiger partial charge on any atom is -0.456 e. The van der Waals surface area contributed by atoms with Gasteiger partial charge in [0.25, 0.3) is 0 Å². The monoisotopic (exact) mass is 745 g/mol. The zero-order chi connectivity index (χ0) is 38.7. The van der Waals surface area contributed by atoms with E-state index < -0.39 is 0 Å². The Balaban J connectivity index is 1.21. The van der Waals surface area contributed by atoms with Crippen molar-refractivity contribution in [2.75, 3.05) is 4.90 Å². The molecule has 9 aromatic rings. The van der Waals surface area contributed by atoms with Crippen molar-refractivity contribution >= 4 is 70.5 Å². The van der Waals surface area contributed by atoms with Crippen LogP contribution < -0.4 is 4.90 Å². The summed E-state index contributed by atoms with van der Waals surface area (Å²) < 4.78 is 9.24. The highest BCUT2D eigenvalue weighted by Crippen LogP contribution is 2.57. The van der Waals surface area contributed by atoms with Gasteiger partial charge in [0.1, 0.15) is 11.2 Å². The molecule has 0 saturated heterocycles. The van der Waals surface area contributed by atoms with Crippen molar-refractivity contribution in [3.05, 3.63) is 162 Å². The van der Waals surface area contributed by atoms with Crippen molar-refractivity contribution in [1.82, 2.24) is 0 Å². The number of hydrogen-bond acceptors (Lipinski definition) is 3. The number of thiophene rings is 1. The summed E-state index contributed by atoms with van der Waals surface area (Å²) in [7, 11) is 0. The molecule has 0 aliphatic heterocycles. The van der Waals surface area contributed by atoms with Crippen molar-refractivity contribution in [3.63, 3.8) is 0 Å². The lowest BCUT2D eigenvalue weighted by atomic mass is 9.79. The molecule has 0 spiro atoms. The second-order valence-electron chi connectivity index (χ2n) is 18.2. The summed E-state index contributed by atoms with van der Waals surface area (Å²) in [6.45, 7) is 18.9. The van der Waals surface area contributed by atoms with Gasteiger partial charge in [0.05, 0.1) is 5.69 Å². The molecule has 3 heteroatoms. The summed E-state index contributed by atoms with van der Waals surface area (Å²) in [5.41, 5.74) is 15.6. The first-order valence-electron chi connectivity index (χ1n) is 19.8. The van der Waals surface area contributed by atoms with Crippen LogP contribution in [0.1, 0.15) is 77.6 Å². The molecule has 0 atom stereocenters. The van der Waals surface area contributed by atoms with E-state index in [1.165, 1.54) is 70.4 Å². The predicted molar refractivity (Wildman–Crippen MR) is 242 cm³/mol. The highest BCUT2D eigenvalue weighted by molar-refractivity contribution is 7.26. The van der Waals surface area contributed by atoms with Crippen LogP contribution >= 0.6 is 11.3 Å². The molecular weight excluding hydrogens is 699 g/mol. The van der Waals surface area contributed by atoms with E-state index >= 15 is 0 Å². The third-order valence-electron chi connectivity index (χ3n) is 12.1. The van der Waals surface area contributed by atoms with Crippen molar-refractivity contribution < 1.29 is 4.42 Å². The lowest BCUT2D eigenvalue weighted by Gasteiger charge is -2.29. The third kappa shape index (κ3) is 5.35. The Morgan fingerprint density at radius 3 is 1.98 bits per heavy atom. The Kier molecular flexibility index (Phi) is 7.57. The quantitative estimate of drug-likeness (QED) is 0.178. The lowest BCUT2D eigenvalue weighted by molar-refractivity contribution is 0.573. The first-order chi connectivity index (χ1) is 26.8. The van der Waals surface area contributed by atoms with Gasteiger partial charge in [-0.2, -0.15) is 0 Å². The molecule has 7 aromatic carbocycles. The minimum absolute atomic E-state index is 0.0274. The highest BCUT2D eigenvalue weighted by atomic mass is 32.1. The molecule has 276 valence electrons. The molecule has 0 saturated carbocycles. The van der Waals surface area contributed by atoms with Crippen molar-refractivity contribution in [2.24, 2.45) is 0 Å². The molecule has 0 N–H and O–H groups in total. The number of anilines is 3. The van der Waals surface area contributed by atoms with Crippen LogP contribution in [-0.2, 0) is 16.2 Å². The van der Waals surface area contributed by atoms with Gasteiger partial charge in [-0.25, -0.2) is 0 Å². The fourth-order valence-electron chi connectivity index (χ4n) is 9.03. The number of rotatable bonds is 4. The SMILES string of the molecule is CC(C)(C)c1cc(C(C)(C)C)c2sc3cc4c(cc3c2c1)C(C)(C)c1cccc(N(c2ccc(-c3ccccc3)cc2)c2ccc3c(c2)oc2ccccc23)c1-4. The number of fused-ring (bicyclic) bond motifs is 9. The van der Waals surface area contributed by atoms with Crippen LogP contribution in [0.4, 0.5) is 17.1 Å². The smallest absolute Gasteiger partial charge is 0.137 e. The molecule has 56 heavy (non-hydrogen) atoms. The van der Waals surface area contributed by atoms with E-state index in [1.807, 2.05) is 17.4 Å². The summed E-state index contributed by atoms with van der Waals surface area (Å²) in [6, 6.07) is 51.6. The first kappa shape index (κ1) is 34.8. The number of hydrogen-bond donors (Lipinski definition) is 0. The first-order valence-corrected chi connectivity index (χ1v) is 20.7. The zero-order valence-electron chi connectivity index (χ0n) is 33.5. The Morgan fingerprint density at radius 1 is 0.536 bits per heavy atom. The third-order valence-corrected chi connectivity index (χ3v) is 13.3. The van der Waals surface area contributed by atoms with E-state index in [-0.39, 0.29) is 16.2 Å². The summed E-state index contributed by atoms with van der Waals surface area (Å²) in [5, 5.41) is 5.02. The van der Waals surface area contributed by atoms with Crippen molar-refractivity contribution in [2.45, 2.75) is 71.6 Å². The maximum Gasteiger partial charge on any atom is 0.137 e. The van der Waals surface area contributed by atoms with Crippen LogP contribution in [0.25, 0.3) is 64.4 Å². The number of nitrogens with zero attached hydrogens (tertiary/aromatic N) is 1. The number of benzene rings is 7. The molecule has 2 heterocycles. The van der Waals surface area contributed by atoms with Crippen molar-refractivity contribution in [1.29, 1.82) is 0 Å². The highest BCUT2D eigenvalue weighted by Gasteiger charge is 2.39. The largest absolute Gasteiger partial charge is 0.456 e. The van der Waals surface area contributed by atoms with Crippen LogP contribution in [0, 0.1) is 0 Å². The molecule has 1 aliphatic rings. The summed E-state index contributed by atoms with van der Waals surface area (Å²) in [6.07, 6.45) is 0. The topological polar surface area (TPSA) is 16.4 Å². The van der Waals surface area contributed by atoms with Crippen LogP contribution in [0.5, 0.6) is 0 Å². The number of para-hydroxylation sites is 1. The Bertz CT molecular complexity index is 3000. The molecule has 0 bridgehead atoms. The van der Waals surface area contributed by atoms with Gasteiger partial charge in [-0.05, 0) is 104 Å². The fraction of sp³-hybridized carbons (Fsp3) is 0.208. The van der Waals surface area contributed by atoms with Crippen LogP contribution in [0.15, 0.2) is 144 Å². The van der Waals surface area contributed by atoms with Crippen LogP contribution in [0.3, 0.4) is 0 Å². The van der Waals surface area contributed by atoms with Gasteiger partial charge in [-0.15, -0.1) is 11.3 Å². The zero-order valence-corrected chi connectivity index (χ0v) is 34.4. The summed E-state index contributed by atoms with van der Waals surface area (Å²) in [5.74, 6) is 0. The predicted octanol–water partition coefficient (Wildman–Crippen LogP) is 16.0. The molecular formula is C53H47NOS. The Morgan fingerprint density at radius 2 is 1.23 bits per heavy atom. The van der Waals surface area contributed by atoms with E-state index in [1.54, 1.807) is 0 Å². The Labute approximate surface area is 334 Å². The molecule has 0 amide bonds. The standard InChI is InChI=1S/C53H47NOS/c1-51(2,3)34-27-40-39-30-43-41(31-48(39)56-50(40)44(28-34)52(4,5)6)49-42(53(43,7)8)18-14-19-45(49)54(35-23-21-33(22-24-35)32-15-10-9-11-16-32)36-25-26-38-37-17-12-13-20-46(37)55-47(38)29-36/h9-31H,1-8H3. The lowest BCUT2D eigenvalue weighted by Crippen LogP contribution is -2.16. The fourth-order valence-corrected chi connectivity index (χ4v) is 10.5. The normalized spacial score (nSPS) is 13.9. The molecule has 0 fully saturated rings. The van der Waals surface area contributed by atoms with Gasteiger partial charge in [-0.1, -0.05) is 134 Å². The molecule has 0 unspecified atom stereocenters. The molecule has 10 rings (SSSR count). The molecule has 0 radical (unpaired) electrons. The number of furan rings is 1. The summed E-state index contributed by atoms with van der Waals surface area (Å²) in [4.78, 5) is 2.44. The minimum atomic E-state index is -0.191. The maximum absolute atomic E-state index is 6.49. The molecule has 2 nitrogen and oxygen atoms in total. The van der Waals surface area contributed by atoms with Gasteiger partial charge in [0, 0.05) is 59.4 Å². The van der Waals surface area contributed by atoms with Gasteiger partial charge < -0.3 is 9.32 Å². The van der Waals surface area contributed by atoms with E-state index in [4.69, 9.17) is 4.42 Å². The van der Waals surface area contributed by atoms with Gasteiger partial charge in [-0.3, -0.25) is 0 Å². The van der Waals surface area contributed by atoms with Crippen molar-refractivity contribution in [3.8, 4) is 22.3 Å². The van der Waals surface area contributed by atoms with Gasteiger partial charge in [0.2, 0.25) is 0 Å². The Hall–Kier alpha value is -5.64. The van der Waals surface area contributed by atoms with Gasteiger partial charge in [0.15, 0.2) is 0 Å². The second-order valence-corrected chi connectivity index (χ2v) is 19.3. The average Bonchev–Trinajstić information content (AvgIpc) is 3.81. The maximum atomic E-state index is 6.49. The molecule has 1 aliphatic carbocycles. The van der Waals surface area contributed by atoms with Crippen LogP contribution in [0.2, 0.25) is 0 Å². The van der Waals surface area contributed by atoms with E-state index in [2.05, 4.69) is 194 Å². The molecule has 2 aromatic heterocycles. The average molecular weight is 746 g/mol.